The second kappa shape index (κ2) is 67.8. The lowest BCUT2D eigenvalue weighted by atomic mass is 10.0. The number of carboxylic acids is 1. The van der Waals surface area contributed by atoms with Gasteiger partial charge in [-0.15, -0.1) is 0 Å². The predicted octanol–water partition coefficient (Wildman–Crippen LogP) is -0.955. The minimum atomic E-state index is -1.91. The van der Waals surface area contributed by atoms with Crippen molar-refractivity contribution >= 4 is 124 Å². The van der Waals surface area contributed by atoms with Crippen LogP contribution in [0, 0.1) is 5.92 Å². The molecule has 1 rings (SSSR count). The van der Waals surface area contributed by atoms with Crippen molar-refractivity contribution in [2.24, 2.45) is 45.3 Å². The lowest BCUT2D eigenvalue weighted by Gasteiger charge is -2.29. The zero-order valence-corrected chi connectivity index (χ0v) is 76.4. The number of unbranched alkanes of at least 4 members (excludes halogenated alkanes) is 15. The molecule has 0 saturated carbocycles. The number of hydrogen-bond acceptors (Lipinski definition) is 25. The van der Waals surface area contributed by atoms with Crippen molar-refractivity contribution < 1.29 is 97.1 Å². The highest BCUT2D eigenvalue weighted by atomic mass is 32.2. The zero-order chi connectivity index (χ0) is 94.5. The summed E-state index contributed by atoms with van der Waals surface area (Å²) in [4.78, 5) is 225. The molecule has 0 fully saturated rings. The summed E-state index contributed by atoms with van der Waals surface area (Å²) in [5, 5.41) is 74.1. The van der Waals surface area contributed by atoms with Crippen LogP contribution in [0.3, 0.4) is 0 Å². The molecule has 1 aromatic carbocycles. The molecular weight excluding hydrogens is 1670 g/mol. The molecule has 13 atom stereocenters. The average molecular weight is 1820 g/mol. The van der Waals surface area contributed by atoms with Crippen LogP contribution in [0.5, 0.6) is 5.75 Å². The topological polar surface area (TPSA) is 679 Å². The number of amidine groups is 1. The van der Waals surface area contributed by atoms with Gasteiger partial charge in [0.25, 0.3) is 0 Å². The van der Waals surface area contributed by atoms with Crippen molar-refractivity contribution in [1.82, 2.24) is 69.1 Å². The number of primary amides is 2. The Morgan fingerprint density at radius 2 is 0.794 bits per heavy atom. The fourth-order valence-electron chi connectivity index (χ4n) is 13.2. The Balaban J connectivity index is 3.63. The molecule has 0 radical (unpaired) electrons. The maximum absolute atomic E-state index is 14.8. The standard InChI is InChI=1S/C84H148N20O20S2/c1-8-9-10-11-12-13-14-15-16-17-18-19-20-32-69(109)93-62(39-45-125-6)74(114)92-50-70(110)94-65(48-55-33-35-56(107)36-34-55)81(121)99-61(37-38-68(89)108)78(118)97-58(29-22-25-42-86)75(115)96-59(30-23-26-43-87)76(116)101-64(47-52(2)3)80(120)98-60(31-27-44-91-54(5)88)77(117)103-67(51-105)83(123)100-63(40-46-126-7)79(119)104-72(53(4)106)84(124)102-66(49-71(111)112)82(122)95-57(73(90)113)28-21-24-41-85/h33-36,52-53,57-67,72,105-107H,8-32,37-51,85-87H2,1-7H3,(H2,88,91)(H2,89,108)(H2,90,113)(H,92,114)(H,93,109)(H,94,110)(H,95,122)(H,96,115)(H,97,118)(H,98,120)(H,99,121)(H,100,123)(H,101,116)(H,102,124)(H,103,117)(H,104,119)(H,111,112)/t53-,57+,58+,59+,60+,61+,62+,63+,64+,65+,66+,67+,72+/m1/s1. The molecule has 40 nitrogen and oxygen atoms in total. The van der Waals surface area contributed by atoms with Crippen LogP contribution in [0.2, 0.25) is 0 Å². The Labute approximate surface area is 749 Å². The lowest BCUT2D eigenvalue weighted by Crippen LogP contribution is -2.62. The molecule has 0 aromatic heterocycles. The van der Waals surface area contributed by atoms with Gasteiger partial charge in [-0.3, -0.25) is 81.7 Å². The highest BCUT2D eigenvalue weighted by molar-refractivity contribution is 7.98. The van der Waals surface area contributed by atoms with Gasteiger partial charge in [0.2, 0.25) is 88.6 Å². The second-order valence-corrected chi connectivity index (χ2v) is 34.0. The number of hydrogen-bond donors (Lipinski definition) is 23. The summed E-state index contributed by atoms with van der Waals surface area (Å²) in [6.45, 7) is 7.12. The number of aliphatic imine (C=N–C) groups is 1. The van der Waals surface area contributed by atoms with Gasteiger partial charge in [0.15, 0.2) is 0 Å². The van der Waals surface area contributed by atoms with Crippen LogP contribution < -0.4 is 104 Å². The van der Waals surface area contributed by atoms with E-state index in [2.05, 4.69) is 81.0 Å². The molecule has 0 spiro atoms. The molecule has 0 aliphatic rings. The first-order chi connectivity index (χ1) is 60.0. The molecule has 126 heavy (non-hydrogen) atoms. The van der Waals surface area contributed by atoms with Crippen LogP contribution in [-0.2, 0) is 83.1 Å². The van der Waals surface area contributed by atoms with Gasteiger partial charge in [-0.05, 0) is 184 Å². The van der Waals surface area contributed by atoms with Crippen molar-refractivity contribution in [3.63, 3.8) is 0 Å². The smallest absolute Gasteiger partial charge is 0.305 e. The van der Waals surface area contributed by atoms with E-state index in [0.717, 1.165) is 32.6 Å². The van der Waals surface area contributed by atoms with Crippen molar-refractivity contribution in [3.05, 3.63) is 29.8 Å². The number of rotatable bonds is 73. The Bertz CT molecular complexity index is 3530. The molecule has 0 aliphatic heterocycles. The highest BCUT2D eigenvalue weighted by Gasteiger charge is 2.39. The van der Waals surface area contributed by atoms with E-state index < -0.39 is 200 Å². The van der Waals surface area contributed by atoms with Crippen LogP contribution in [0.1, 0.15) is 239 Å². The number of carboxylic acid groups (broad SMARTS) is 1. The third kappa shape index (κ3) is 51.3. The molecule has 42 heteroatoms. The van der Waals surface area contributed by atoms with Crippen molar-refractivity contribution in [2.75, 3.05) is 63.3 Å². The Kier molecular flexibility index (Phi) is 61.6. The molecule has 716 valence electrons. The van der Waals surface area contributed by atoms with Gasteiger partial charge >= 0.3 is 5.97 Å². The summed E-state index contributed by atoms with van der Waals surface area (Å²) in [6, 6.07) is -12.9. The summed E-state index contributed by atoms with van der Waals surface area (Å²) < 4.78 is 0. The number of carbonyl (C=O) groups is 16. The van der Waals surface area contributed by atoms with Crippen LogP contribution in [0.15, 0.2) is 29.3 Å². The van der Waals surface area contributed by atoms with Gasteiger partial charge in [-0.25, -0.2) is 0 Å². The van der Waals surface area contributed by atoms with Crippen LogP contribution in [0.4, 0.5) is 0 Å². The van der Waals surface area contributed by atoms with Gasteiger partial charge in [-0.2, -0.15) is 23.5 Å². The van der Waals surface area contributed by atoms with Crippen LogP contribution >= 0.6 is 23.5 Å². The molecule has 15 amide bonds. The number of carbonyl (C=O) groups excluding carboxylic acids is 15. The number of nitrogens with two attached hydrogens (primary N) is 6. The number of phenols is 1. The van der Waals surface area contributed by atoms with Gasteiger partial charge < -0.3 is 124 Å². The summed E-state index contributed by atoms with van der Waals surface area (Å²) in [5.74, 6) is -15.2. The van der Waals surface area contributed by atoms with E-state index in [1.54, 1.807) is 20.1 Å². The fourth-order valence-corrected chi connectivity index (χ4v) is 14.2. The number of amides is 15. The number of nitrogens with zero attached hydrogens (tertiary/aromatic N) is 1. The molecule has 29 N–H and O–H groups in total. The molecule has 0 heterocycles. The van der Waals surface area contributed by atoms with Crippen molar-refractivity contribution in [3.8, 4) is 5.75 Å². The van der Waals surface area contributed by atoms with Gasteiger partial charge in [0.1, 0.15) is 78.3 Å². The quantitative estimate of drug-likeness (QED) is 0.0212. The van der Waals surface area contributed by atoms with E-state index in [1.807, 2.05) is 6.26 Å². The van der Waals surface area contributed by atoms with Crippen molar-refractivity contribution in [1.29, 1.82) is 0 Å². The van der Waals surface area contributed by atoms with Crippen LogP contribution in [-0.4, -0.2) is 263 Å². The van der Waals surface area contributed by atoms with Crippen molar-refractivity contribution in [2.45, 2.75) is 319 Å². The minimum absolute atomic E-state index is 0.0300. The SMILES string of the molecule is CCCCCCCCCCCCCCCC(=O)N[C@@H](CCSC)C(=O)NCC(=O)N[C@@H](Cc1ccc(O)cc1)C(=O)N[C@@H](CCC(N)=O)C(=O)N[C@@H](CCCCN)C(=O)N[C@@H](CCCCN)C(=O)N[C@@H](CC(C)C)C(=O)N[C@@H](CCCN=C(C)N)C(=O)N[C@@H](CO)C(=O)N[C@@H](CCSC)C(=O)N[C@H](C(=O)N[C@@H](CC(=O)O)C(=O)N[C@@H](CCCCN)C(N)=O)[C@@H](C)O. The second-order valence-electron chi connectivity index (χ2n) is 32.0. The van der Waals surface area contributed by atoms with E-state index in [4.69, 9.17) is 34.4 Å². The van der Waals surface area contributed by atoms with Gasteiger partial charge in [0.05, 0.1) is 31.5 Å². The molecular formula is C84H148N20O20S2. The number of benzene rings is 1. The maximum Gasteiger partial charge on any atom is 0.305 e. The predicted molar refractivity (Wildman–Crippen MR) is 483 cm³/mol. The van der Waals surface area contributed by atoms with E-state index in [0.29, 0.717) is 43.4 Å². The summed E-state index contributed by atoms with van der Waals surface area (Å²) in [6.07, 6.45) is 16.3. The summed E-state index contributed by atoms with van der Waals surface area (Å²) in [5.41, 5.74) is 34.6. The highest BCUT2D eigenvalue weighted by Crippen LogP contribution is 2.18. The van der Waals surface area contributed by atoms with Crippen LogP contribution in [0.25, 0.3) is 0 Å². The van der Waals surface area contributed by atoms with E-state index >= 15 is 0 Å². The largest absolute Gasteiger partial charge is 0.508 e. The lowest BCUT2D eigenvalue weighted by molar-refractivity contribution is -0.142. The Morgan fingerprint density at radius 1 is 0.413 bits per heavy atom. The van der Waals surface area contributed by atoms with E-state index in [-0.39, 0.29) is 132 Å². The molecule has 0 aliphatic carbocycles. The molecule has 0 saturated heterocycles. The third-order valence-corrected chi connectivity index (χ3v) is 21.7. The number of aliphatic hydroxyl groups excluding tert-OH is 2. The Morgan fingerprint density at radius 3 is 1.23 bits per heavy atom. The molecule has 1 aromatic rings. The number of aliphatic carboxylic acids is 1. The zero-order valence-electron chi connectivity index (χ0n) is 74.7. The average Bonchev–Trinajstić information content (AvgIpc) is 0.853. The number of phenolic OH excluding ortho intramolecular Hbond substituents is 1. The van der Waals surface area contributed by atoms with Gasteiger partial charge in [-0.1, -0.05) is 110 Å². The normalized spacial score (nSPS) is 14.5. The number of nitrogens with one attached hydrogen (secondary N) is 13. The van der Waals surface area contributed by atoms with Gasteiger partial charge in [0, 0.05) is 25.8 Å². The molecule has 0 unspecified atom stereocenters. The maximum atomic E-state index is 14.8. The fraction of sp³-hybridized carbons (Fsp3) is 0.726. The third-order valence-electron chi connectivity index (χ3n) is 20.4. The molecule has 0 bridgehead atoms. The monoisotopic (exact) mass is 1820 g/mol. The minimum Gasteiger partial charge on any atom is -0.508 e. The summed E-state index contributed by atoms with van der Waals surface area (Å²) in [7, 11) is 0. The number of aliphatic hydroxyl groups is 2. The Hall–Kier alpha value is -9.49. The number of thioether (sulfide) groups is 2. The first kappa shape index (κ1) is 115. The van der Waals surface area contributed by atoms with E-state index in [1.165, 1.54) is 106 Å². The summed E-state index contributed by atoms with van der Waals surface area (Å²) >= 11 is 2.69. The number of aromatic hydroxyl groups is 1. The first-order valence-corrected chi connectivity index (χ1v) is 46.9. The first-order valence-electron chi connectivity index (χ1n) is 44.1. The van der Waals surface area contributed by atoms with E-state index in [9.17, 15) is 97.1 Å².